The second-order valence-corrected chi connectivity index (χ2v) is 2.19. The Kier molecular flexibility index (Phi) is 5.64. The molecule has 0 aromatic carbocycles. The molecule has 0 aromatic heterocycles. The topological polar surface area (TPSA) is 12.0 Å². The van der Waals surface area contributed by atoms with Gasteiger partial charge in [0, 0.05) is 6.04 Å². The second kappa shape index (κ2) is 5.83. The number of nitrogens with one attached hydrogen (secondary N) is 1. The lowest BCUT2D eigenvalue weighted by molar-refractivity contribution is 0.346. The van der Waals surface area contributed by atoms with Gasteiger partial charge in [0.1, 0.15) is 0 Å². The van der Waals surface area contributed by atoms with Crippen LogP contribution in [0.4, 0.5) is 0 Å². The van der Waals surface area contributed by atoms with Gasteiger partial charge in [0.15, 0.2) is 0 Å². The zero-order valence-electron chi connectivity index (χ0n) is 6.32. The van der Waals surface area contributed by atoms with E-state index in [-0.39, 0.29) is 0 Å². The average Bonchev–Trinajstić information content (AvgIpc) is 1.84. The summed E-state index contributed by atoms with van der Waals surface area (Å²) < 4.78 is 0. The Morgan fingerprint density at radius 1 is 1.44 bits per heavy atom. The van der Waals surface area contributed by atoms with E-state index in [2.05, 4.69) is 25.4 Å². The maximum Gasteiger partial charge on any atom is 0.00669 e. The van der Waals surface area contributed by atoms with Gasteiger partial charge < -0.3 is 5.32 Å². The van der Waals surface area contributed by atoms with Crippen molar-refractivity contribution in [3.63, 3.8) is 0 Å². The number of hydrogen-bond acceptors (Lipinski definition) is 1. The largest absolute Gasteiger partial charge is 0.314 e. The highest BCUT2D eigenvalue weighted by molar-refractivity contribution is 4.74. The fraction of sp³-hybridized carbons (Fsp3) is 0.750. The maximum atomic E-state index is 3.38. The minimum Gasteiger partial charge on any atom is -0.314 e. The molecule has 1 aliphatic carbocycles. The van der Waals surface area contributed by atoms with Crippen LogP contribution in [0.15, 0.2) is 13.2 Å². The minimum absolute atomic E-state index is 0.880. The van der Waals surface area contributed by atoms with E-state index in [1.807, 2.05) is 0 Å². The van der Waals surface area contributed by atoms with E-state index in [9.17, 15) is 0 Å². The van der Waals surface area contributed by atoms with Gasteiger partial charge in [-0.05, 0) is 19.4 Å². The van der Waals surface area contributed by atoms with Crippen molar-refractivity contribution in [2.24, 2.45) is 0 Å². The molecule has 54 valence electrons. The summed E-state index contributed by atoms with van der Waals surface area (Å²) in [5, 5.41) is 3.38. The molecule has 0 atom stereocenters. The fourth-order valence-corrected chi connectivity index (χ4v) is 0.901. The van der Waals surface area contributed by atoms with Gasteiger partial charge in [-0.15, -0.1) is 13.2 Å². The predicted molar refractivity (Wildman–Crippen MR) is 42.6 cm³/mol. The second-order valence-electron chi connectivity index (χ2n) is 2.19. The lowest BCUT2D eigenvalue weighted by atomic mass is 9.93. The summed E-state index contributed by atoms with van der Waals surface area (Å²) in [6.07, 6.45) is 4.26. The molecule has 0 spiro atoms. The lowest BCUT2D eigenvalue weighted by Crippen LogP contribution is -2.34. The molecule has 1 N–H and O–H groups in total. The van der Waals surface area contributed by atoms with E-state index in [0.717, 1.165) is 12.6 Å². The Morgan fingerprint density at radius 2 is 2.00 bits per heavy atom. The first-order valence-electron chi connectivity index (χ1n) is 3.67. The number of hydrogen-bond donors (Lipinski definition) is 1. The van der Waals surface area contributed by atoms with Crippen molar-refractivity contribution in [3.05, 3.63) is 13.2 Å². The first kappa shape index (κ1) is 8.70. The van der Waals surface area contributed by atoms with Gasteiger partial charge in [-0.2, -0.15) is 0 Å². The van der Waals surface area contributed by atoms with Crippen LogP contribution in [0.1, 0.15) is 26.2 Å². The van der Waals surface area contributed by atoms with Gasteiger partial charge in [0.2, 0.25) is 0 Å². The summed E-state index contributed by atoms with van der Waals surface area (Å²) in [6.45, 7) is 9.31. The molecule has 0 aliphatic heterocycles. The Bertz CT molecular complexity index is 57.6. The van der Waals surface area contributed by atoms with E-state index in [1.165, 1.54) is 19.3 Å². The Morgan fingerprint density at radius 3 is 2.11 bits per heavy atom. The molecule has 9 heavy (non-hydrogen) atoms. The van der Waals surface area contributed by atoms with Crippen molar-refractivity contribution in [2.45, 2.75) is 32.2 Å². The molecule has 0 unspecified atom stereocenters. The van der Waals surface area contributed by atoms with Crippen LogP contribution in [-0.4, -0.2) is 12.6 Å². The molecule has 0 aromatic rings. The summed E-state index contributed by atoms with van der Waals surface area (Å²) in [5.41, 5.74) is 0. The molecule has 1 fully saturated rings. The van der Waals surface area contributed by atoms with Crippen molar-refractivity contribution < 1.29 is 0 Å². The Balaban J connectivity index is 0.000000291. The summed E-state index contributed by atoms with van der Waals surface area (Å²) in [5.74, 6) is 0. The minimum atomic E-state index is 0.880. The summed E-state index contributed by atoms with van der Waals surface area (Å²) in [4.78, 5) is 0. The van der Waals surface area contributed by atoms with Crippen LogP contribution in [0.5, 0.6) is 0 Å². The maximum absolute atomic E-state index is 3.38. The van der Waals surface area contributed by atoms with Crippen LogP contribution >= 0.6 is 0 Å². The van der Waals surface area contributed by atoms with Gasteiger partial charge in [-0.25, -0.2) is 0 Å². The average molecular weight is 127 g/mol. The van der Waals surface area contributed by atoms with Crippen molar-refractivity contribution >= 4 is 0 Å². The molecule has 0 amide bonds. The molecular weight excluding hydrogens is 110 g/mol. The molecule has 1 aliphatic rings. The van der Waals surface area contributed by atoms with Gasteiger partial charge in [0.25, 0.3) is 0 Å². The molecule has 1 heteroatoms. The highest BCUT2D eigenvalue weighted by Crippen LogP contribution is 2.17. The standard InChI is InChI=1S/C6H13N.C2H4/c1-2-7-6-4-3-5-6;1-2/h6-7H,2-5H2,1H3;1-2H2. The molecule has 1 saturated carbocycles. The number of rotatable bonds is 2. The van der Waals surface area contributed by atoms with Crippen molar-refractivity contribution in [3.8, 4) is 0 Å². The third kappa shape index (κ3) is 3.31. The third-order valence-electron chi connectivity index (χ3n) is 1.60. The van der Waals surface area contributed by atoms with Gasteiger partial charge in [-0.3, -0.25) is 0 Å². The highest BCUT2D eigenvalue weighted by atomic mass is 14.9. The molecule has 0 saturated heterocycles. The van der Waals surface area contributed by atoms with E-state index in [4.69, 9.17) is 0 Å². The van der Waals surface area contributed by atoms with E-state index < -0.39 is 0 Å². The van der Waals surface area contributed by atoms with Crippen LogP contribution in [0.2, 0.25) is 0 Å². The van der Waals surface area contributed by atoms with Crippen molar-refractivity contribution in [1.29, 1.82) is 0 Å². The zero-order valence-corrected chi connectivity index (χ0v) is 6.32. The van der Waals surface area contributed by atoms with Crippen LogP contribution in [0.3, 0.4) is 0 Å². The van der Waals surface area contributed by atoms with Gasteiger partial charge in [0.05, 0.1) is 0 Å². The smallest absolute Gasteiger partial charge is 0.00669 e. The third-order valence-corrected chi connectivity index (χ3v) is 1.60. The highest BCUT2D eigenvalue weighted by Gasteiger charge is 2.14. The van der Waals surface area contributed by atoms with E-state index in [1.54, 1.807) is 0 Å². The van der Waals surface area contributed by atoms with Gasteiger partial charge in [-0.1, -0.05) is 13.3 Å². The first-order valence-corrected chi connectivity index (χ1v) is 3.67. The summed E-state index contributed by atoms with van der Waals surface area (Å²) >= 11 is 0. The zero-order chi connectivity index (χ0) is 7.11. The monoisotopic (exact) mass is 127 g/mol. The molecule has 1 nitrogen and oxygen atoms in total. The van der Waals surface area contributed by atoms with Crippen molar-refractivity contribution in [1.82, 2.24) is 5.32 Å². The normalized spacial score (nSPS) is 17.4. The van der Waals surface area contributed by atoms with Gasteiger partial charge >= 0.3 is 0 Å². The van der Waals surface area contributed by atoms with Crippen LogP contribution in [0, 0.1) is 0 Å². The fourth-order valence-electron chi connectivity index (χ4n) is 0.901. The Labute approximate surface area is 58.2 Å². The summed E-state index contributed by atoms with van der Waals surface area (Å²) in [7, 11) is 0. The summed E-state index contributed by atoms with van der Waals surface area (Å²) in [6, 6.07) is 0.880. The molecule has 0 radical (unpaired) electrons. The quantitative estimate of drug-likeness (QED) is 0.559. The molecule has 0 bridgehead atoms. The van der Waals surface area contributed by atoms with Crippen molar-refractivity contribution in [2.75, 3.05) is 6.54 Å². The van der Waals surface area contributed by atoms with Crippen LogP contribution < -0.4 is 5.32 Å². The SMILES string of the molecule is C=C.CCNC1CCC1. The molecule has 1 rings (SSSR count). The Hall–Kier alpha value is -0.300. The van der Waals surface area contributed by atoms with E-state index in [0.29, 0.717) is 0 Å². The molecular formula is C8H17N. The lowest BCUT2D eigenvalue weighted by Gasteiger charge is -2.25. The van der Waals surface area contributed by atoms with Crippen LogP contribution in [0.25, 0.3) is 0 Å². The van der Waals surface area contributed by atoms with Crippen LogP contribution in [-0.2, 0) is 0 Å². The first-order chi connectivity index (χ1) is 4.43. The molecule has 0 heterocycles. The van der Waals surface area contributed by atoms with E-state index >= 15 is 0 Å². The predicted octanol–water partition coefficient (Wildman–Crippen LogP) is 1.95.